The van der Waals surface area contributed by atoms with Crippen LogP contribution in [0.4, 0.5) is 5.69 Å². The van der Waals surface area contributed by atoms with Crippen molar-refractivity contribution in [2.75, 3.05) is 11.9 Å². The number of amides is 1. The summed E-state index contributed by atoms with van der Waals surface area (Å²) < 4.78 is 0. The lowest BCUT2D eigenvalue weighted by molar-refractivity contribution is -0.113. The third-order valence-corrected chi connectivity index (χ3v) is 2.79. The molecule has 3 N–H and O–H groups in total. The number of aromatic amines is 1. The Morgan fingerprint density at radius 2 is 2.22 bits per heavy atom. The van der Waals surface area contributed by atoms with Gasteiger partial charge in [-0.05, 0) is 12.1 Å². The van der Waals surface area contributed by atoms with Crippen LogP contribution in [0, 0.1) is 0 Å². The molecule has 1 aromatic carbocycles. The van der Waals surface area contributed by atoms with Crippen molar-refractivity contribution in [1.82, 2.24) is 10.3 Å². The van der Waals surface area contributed by atoms with Crippen LogP contribution in [-0.2, 0) is 4.79 Å². The maximum Gasteiger partial charge on any atom is 0.271 e. The Hall–Kier alpha value is -2.56. The molecule has 0 unspecified atom stereocenters. The van der Waals surface area contributed by atoms with Gasteiger partial charge in [-0.1, -0.05) is 18.2 Å². The van der Waals surface area contributed by atoms with E-state index in [1.165, 1.54) is 6.34 Å². The van der Waals surface area contributed by atoms with Crippen molar-refractivity contribution in [2.24, 2.45) is 4.99 Å². The van der Waals surface area contributed by atoms with Gasteiger partial charge >= 0.3 is 0 Å². The highest BCUT2D eigenvalue weighted by molar-refractivity contribution is 6.09. The molecule has 0 radical (unpaired) electrons. The molecule has 1 aliphatic heterocycles. The first kappa shape index (κ1) is 10.6. The van der Waals surface area contributed by atoms with E-state index in [9.17, 15) is 4.79 Å². The SMILES string of the molecule is O=C(Nc1c[nH]c2ccccc12)C1=CCN=CN1. The Morgan fingerprint density at radius 3 is 3.06 bits per heavy atom. The Labute approximate surface area is 104 Å². The molecule has 18 heavy (non-hydrogen) atoms. The Bertz CT molecular complexity index is 654. The van der Waals surface area contributed by atoms with Gasteiger partial charge in [-0.3, -0.25) is 9.79 Å². The van der Waals surface area contributed by atoms with Gasteiger partial charge in [0, 0.05) is 17.1 Å². The van der Waals surface area contributed by atoms with E-state index in [-0.39, 0.29) is 5.91 Å². The average Bonchev–Trinajstić information content (AvgIpc) is 2.83. The van der Waals surface area contributed by atoms with Gasteiger partial charge in [0.2, 0.25) is 0 Å². The van der Waals surface area contributed by atoms with Crippen molar-refractivity contribution in [2.45, 2.75) is 0 Å². The molecule has 0 aliphatic carbocycles. The van der Waals surface area contributed by atoms with E-state index in [0.717, 1.165) is 16.6 Å². The molecule has 2 heterocycles. The van der Waals surface area contributed by atoms with Crippen molar-refractivity contribution in [1.29, 1.82) is 0 Å². The van der Waals surface area contributed by atoms with E-state index in [1.807, 2.05) is 24.3 Å². The Balaban J connectivity index is 1.84. The number of anilines is 1. The molecule has 5 nitrogen and oxygen atoms in total. The summed E-state index contributed by atoms with van der Waals surface area (Å²) in [6.45, 7) is 0.531. The van der Waals surface area contributed by atoms with Crippen molar-refractivity contribution < 1.29 is 4.79 Å². The van der Waals surface area contributed by atoms with E-state index in [1.54, 1.807) is 12.3 Å². The second kappa shape index (κ2) is 4.37. The number of nitrogens with zero attached hydrogens (tertiary/aromatic N) is 1. The molecule has 0 saturated heterocycles. The van der Waals surface area contributed by atoms with E-state index in [2.05, 4.69) is 20.6 Å². The summed E-state index contributed by atoms with van der Waals surface area (Å²) in [7, 11) is 0. The van der Waals surface area contributed by atoms with E-state index >= 15 is 0 Å². The molecule has 2 aromatic rings. The number of fused-ring (bicyclic) bond motifs is 1. The van der Waals surface area contributed by atoms with Gasteiger partial charge in [-0.2, -0.15) is 0 Å². The number of hydrogen-bond donors (Lipinski definition) is 3. The number of nitrogens with one attached hydrogen (secondary N) is 3. The molecule has 3 rings (SSSR count). The molecule has 1 aromatic heterocycles. The van der Waals surface area contributed by atoms with Crippen molar-refractivity contribution in [3.8, 4) is 0 Å². The number of H-pyrrole nitrogens is 1. The molecule has 5 heteroatoms. The summed E-state index contributed by atoms with van der Waals surface area (Å²) in [6, 6.07) is 7.82. The zero-order valence-electron chi connectivity index (χ0n) is 9.60. The summed E-state index contributed by atoms with van der Waals surface area (Å²) >= 11 is 0. The fourth-order valence-corrected chi connectivity index (χ4v) is 1.89. The third-order valence-electron chi connectivity index (χ3n) is 2.79. The third kappa shape index (κ3) is 1.86. The van der Waals surface area contributed by atoms with Crippen LogP contribution >= 0.6 is 0 Å². The highest BCUT2D eigenvalue weighted by Crippen LogP contribution is 2.22. The molecule has 1 aliphatic rings. The first-order valence-corrected chi connectivity index (χ1v) is 5.67. The highest BCUT2D eigenvalue weighted by atomic mass is 16.2. The molecule has 0 spiro atoms. The number of aliphatic imine (C=N–C) groups is 1. The van der Waals surface area contributed by atoms with Crippen LogP contribution < -0.4 is 10.6 Å². The van der Waals surface area contributed by atoms with E-state index < -0.39 is 0 Å². The largest absolute Gasteiger partial charge is 0.359 e. The first-order chi connectivity index (χ1) is 8.84. The predicted molar refractivity (Wildman–Crippen MR) is 71.5 cm³/mol. The lowest BCUT2D eigenvalue weighted by Gasteiger charge is -2.10. The zero-order chi connectivity index (χ0) is 12.4. The minimum Gasteiger partial charge on any atom is -0.359 e. The number of aromatic nitrogens is 1. The van der Waals surface area contributed by atoms with Crippen LogP contribution in [0.5, 0.6) is 0 Å². The van der Waals surface area contributed by atoms with Crippen LogP contribution in [0.1, 0.15) is 0 Å². The minimum atomic E-state index is -0.161. The molecule has 90 valence electrons. The Morgan fingerprint density at radius 1 is 1.33 bits per heavy atom. The lowest BCUT2D eigenvalue weighted by Crippen LogP contribution is -2.27. The molecule has 0 atom stereocenters. The number of para-hydroxylation sites is 1. The molecular formula is C13H12N4O. The highest BCUT2D eigenvalue weighted by Gasteiger charge is 2.12. The van der Waals surface area contributed by atoms with Crippen LogP contribution in [-0.4, -0.2) is 23.8 Å². The van der Waals surface area contributed by atoms with Crippen molar-refractivity contribution >= 4 is 28.8 Å². The number of carbonyl (C=O) groups excluding carboxylic acids is 1. The second-order valence-electron chi connectivity index (χ2n) is 3.96. The quantitative estimate of drug-likeness (QED) is 0.746. The van der Waals surface area contributed by atoms with Gasteiger partial charge < -0.3 is 15.6 Å². The minimum absolute atomic E-state index is 0.161. The maximum absolute atomic E-state index is 12.0. The van der Waals surface area contributed by atoms with Gasteiger partial charge in [-0.15, -0.1) is 0 Å². The topological polar surface area (TPSA) is 69.3 Å². The van der Waals surface area contributed by atoms with Crippen molar-refractivity contribution in [3.05, 3.63) is 42.2 Å². The van der Waals surface area contributed by atoms with Gasteiger partial charge in [0.15, 0.2) is 0 Å². The van der Waals surface area contributed by atoms with E-state index in [0.29, 0.717) is 12.2 Å². The van der Waals surface area contributed by atoms with Crippen molar-refractivity contribution in [3.63, 3.8) is 0 Å². The summed E-state index contributed by atoms with van der Waals surface area (Å²) in [4.78, 5) is 19.1. The normalized spacial score (nSPS) is 14.1. The van der Waals surface area contributed by atoms with Crippen LogP contribution in [0.3, 0.4) is 0 Å². The van der Waals surface area contributed by atoms with Crippen LogP contribution in [0.25, 0.3) is 10.9 Å². The number of hydrogen-bond acceptors (Lipinski definition) is 3. The van der Waals surface area contributed by atoms with Gasteiger partial charge in [0.25, 0.3) is 5.91 Å². The first-order valence-electron chi connectivity index (χ1n) is 5.67. The average molecular weight is 240 g/mol. The second-order valence-corrected chi connectivity index (χ2v) is 3.96. The number of benzene rings is 1. The summed E-state index contributed by atoms with van der Waals surface area (Å²) in [5.41, 5.74) is 2.30. The molecule has 0 saturated carbocycles. The Kier molecular flexibility index (Phi) is 2.57. The van der Waals surface area contributed by atoms with Gasteiger partial charge in [0.05, 0.1) is 18.6 Å². The lowest BCUT2D eigenvalue weighted by atomic mass is 10.2. The standard InChI is InChI=1S/C13H12N4O/c18-13(11-5-6-14-8-16-11)17-12-7-15-10-4-2-1-3-9(10)12/h1-5,7-8,15H,6H2,(H,14,16)(H,17,18). The van der Waals surface area contributed by atoms with Gasteiger partial charge in [-0.25, -0.2) is 0 Å². The fraction of sp³-hybridized carbons (Fsp3) is 0.0769. The summed E-state index contributed by atoms with van der Waals surface area (Å²) in [5, 5.41) is 6.69. The monoisotopic (exact) mass is 240 g/mol. The van der Waals surface area contributed by atoms with E-state index in [4.69, 9.17) is 0 Å². The van der Waals surface area contributed by atoms with Gasteiger partial charge in [0.1, 0.15) is 5.70 Å². The number of rotatable bonds is 2. The maximum atomic E-state index is 12.0. The predicted octanol–water partition coefficient (Wildman–Crippen LogP) is 1.62. The van der Waals surface area contributed by atoms with Crippen LogP contribution in [0.2, 0.25) is 0 Å². The molecule has 1 amide bonds. The number of carbonyl (C=O) groups is 1. The van der Waals surface area contributed by atoms with Crippen LogP contribution in [0.15, 0.2) is 47.2 Å². The molecule has 0 fully saturated rings. The fourth-order valence-electron chi connectivity index (χ4n) is 1.89. The smallest absolute Gasteiger partial charge is 0.271 e. The molecular weight excluding hydrogens is 228 g/mol. The molecule has 0 bridgehead atoms. The summed E-state index contributed by atoms with van der Waals surface area (Å²) in [5.74, 6) is -0.161. The zero-order valence-corrected chi connectivity index (χ0v) is 9.60. The summed E-state index contributed by atoms with van der Waals surface area (Å²) in [6.07, 6.45) is 5.08.